The number of hydrogen-bond donors (Lipinski definition) is 1. The fraction of sp³-hybridized carbons (Fsp3) is 0.200. The normalized spacial score (nSPS) is 14.6. The monoisotopic (exact) mass is 446 g/mol. The fourth-order valence-corrected chi connectivity index (χ4v) is 3.23. The van der Waals surface area contributed by atoms with Gasteiger partial charge in [-0.25, -0.2) is 31.9 Å². The number of halogens is 2. The highest BCUT2D eigenvalue weighted by atomic mass is 32.2. The molecule has 1 aromatic carbocycles. The summed E-state index contributed by atoms with van der Waals surface area (Å²) in [6.45, 7) is 3.83. The predicted molar refractivity (Wildman–Crippen MR) is 116 cm³/mol. The van der Waals surface area contributed by atoms with Gasteiger partial charge in [-0.2, -0.15) is 0 Å². The Morgan fingerprint density at radius 3 is 2.90 bits per heavy atom. The van der Waals surface area contributed by atoms with Gasteiger partial charge in [-0.3, -0.25) is 9.98 Å². The van der Waals surface area contributed by atoms with Crippen LogP contribution in [0.3, 0.4) is 0 Å². The maximum absolute atomic E-state index is 13.1. The van der Waals surface area contributed by atoms with Crippen LogP contribution in [0.5, 0.6) is 0 Å². The lowest BCUT2D eigenvalue weighted by atomic mass is 10.1. The Morgan fingerprint density at radius 2 is 2.19 bits per heavy atom. The van der Waals surface area contributed by atoms with E-state index in [1.807, 2.05) is 12.1 Å². The summed E-state index contributed by atoms with van der Waals surface area (Å²) in [7, 11) is -3.32. The van der Waals surface area contributed by atoms with Crippen LogP contribution in [0.4, 0.5) is 8.78 Å². The van der Waals surface area contributed by atoms with E-state index in [-0.39, 0.29) is 24.6 Å². The van der Waals surface area contributed by atoms with Crippen LogP contribution >= 0.6 is 0 Å². The van der Waals surface area contributed by atoms with Crippen molar-refractivity contribution in [1.82, 2.24) is 19.6 Å². The first-order chi connectivity index (χ1) is 14.8. The molecule has 0 saturated heterocycles. The Kier molecular flexibility index (Phi) is 6.98. The van der Waals surface area contributed by atoms with Gasteiger partial charge in [0.15, 0.2) is 5.82 Å². The molecule has 1 aliphatic rings. The van der Waals surface area contributed by atoms with Crippen LogP contribution < -0.4 is 4.72 Å². The zero-order chi connectivity index (χ0) is 22.4. The highest BCUT2D eigenvalue weighted by Crippen LogP contribution is 2.24. The average molecular weight is 446 g/mol. The molecule has 0 atom stereocenters. The molecule has 0 radical (unpaired) electrons. The minimum Gasteiger partial charge on any atom is -0.336 e. The maximum Gasteiger partial charge on any atom is 0.281 e. The van der Waals surface area contributed by atoms with Crippen molar-refractivity contribution in [3.63, 3.8) is 0 Å². The van der Waals surface area contributed by atoms with E-state index in [2.05, 4.69) is 31.4 Å². The van der Waals surface area contributed by atoms with E-state index in [0.717, 1.165) is 17.4 Å². The second-order valence-corrected chi connectivity index (χ2v) is 8.41. The number of sulfonamides is 1. The second-order valence-electron chi connectivity index (χ2n) is 6.57. The molecule has 1 aromatic heterocycles. The highest BCUT2D eigenvalue weighted by Gasteiger charge is 2.20. The average Bonchev–Trinajstić information content (AvgIpc) is 2.76. The molecule has 0 saturated carbocycles. The fourth-order valence-electron chi connectivity index (χ4n) is 2.81. The van der Waals surface area contributed by atoms with E-state index >= 15 is 0 Å². The summed E-state index contributed by atoms with van der Waals surface area (Å²) in [6.07, 6.45) is 3.92. The van der Waals surface area contributed by atoms with E-state index < -0.39 is 16.4 Å². The zero-order valence-corrected chi connectivity index (χ0v) is 17.4. The number of nitrogens with zero attached hydrogens (tertiary/aromatic N) is 5. The molecule has 0 spiro atoms. The molecule has 0 fully saturated rings. The lowest BCUT2D eigenvalue weighted by molar-refractivity contribution is 0.185. The topological polar surface area (TPSA) is 99.9 Å². The minimum absolute atomic E-state index is 0.143. The SMILES string of the molecule is C=N/C=C(/c1nccc(-c2cccc(CNS(C)(=O)=O)c2)n1)N1C=C(C(F)F)N=CC1. The summed E-state index contributed by atoms with van der Waals surface area (Å²) in [5.41, 5.74) is 2.08. The summed E-state index contributed by atoms with van der Waals surface area (Å²) in [5, 5.41) is 0. The van der Waals surface area contributed by atoms with Gasteiger partial charge in [-0.15, -0.1) is 0 Å². The summed E-state index contributed by atoms with van der Waals surface area (Å²) < 4.78 is 51.3. The van der Waals surface area contributed by atoms with Crippen LogP contribution in [0, 0.1) is 0 Å². The van der Waals surface area contributed by atoms with Crippen LogP contribution in [0.2, 0.25) is 0 Å². The van der Waals surface area contributed by atoms with Crippen molar-refractivity contribution in [2.24, 2.45) is 9.98 Å². The summed E-state index contributed by atoms with van der Waals surface area (Å²) in [6, 6.07) is 8.91. The lowest BCUT2D eigenvalue weighted by Crippen LogP contribution is -2.24. The Bertz CT molecular complexity index is 1160. The quantitative estimate of drug-likeness (QED) is 0.629. The van der Waals surface area contributed by atoms with Gasteiger partial charge in [0.1, 0.15) is 11.4 Å². The van der Waals surface area contributed by atoms with Crippen LogP contribution in [0.15, 0.2) is 64.6 Å². The number of allylic oxidation sites excluding steroid dienone is 1. The van der Waals surface area contributed by atoms with Gasteiger partial charge in [-0.1, -0.05) is 18.2 Å². The van der Waals surface area contributed by atoms with Crippen LogP contribution in [-0.2, 0) is 16.6 Å². The molecule has 0 amide bonds. The van der Waals surface area contributed by atoms with Gasteiger partial charge in [0.2, 0.25) is 10.0 Å². The van der Waals surface area contributed by atoms with E-state index in [0.29, 0.717) is 11.4 Å². The Morgan fingerprint density at radius 1 is 1.39 bits per heavy atom. The first kappa shape index (κ1) is 22.4. The van der Waals surface area contributed by atoms with Gasteiger partial charge in [0.05, 0.1) is 24.7 Å². The summed E-state index contributed by atoms with van der Waals surface area (Å²) in [5.74, 6) is 0.268. The van der Waals surface area contributed by atoms with Gasteiger partial charge in [-0.05, 0) is 24.4 Å². The van der Waals surface area contributed by atoms with Gasteiger partial charge < -0.3 is 4.90 Å². The third-order valence-corrected chi connectivity index (χ3v) is 4.87. The van der Waals surface area contributed by atoms with Gasteiger partial charge >= 0.3 is 0 Å². The Balaban J connectivity index is 1.92. The van der Waals surface area contributed by atoms with Crippen LogP contribution in [0.25, 0.3) is 17.0 Å². The van der Waals surface area contributed by atoms with E-state index in [9.17, 15) is 17.2 Å². The van der Waals surface area contributed by atoms with Crippen molar-refractivity contribution in [2.75, 3.05) is 12.8 Å². The van der Waals surface area contributed by atoms with Gasteiger partial charge in [0.25, 0.3) is 6.43 Å². The number of aromatic nitrogens is 2. The third kappa shape index (κ3) is 6.09. The van der Waals surface area contributed by atoms with Crippen molar-refractivity contribution in [3.8, 4) is 11.3 Å². The van der Waals surface area contributed by atoms with E-state index in [1.54, 1.807) is 24.4 Å². The molecule has 0 unspecified atom stereocenters. The lowest BCUT2D eigenvalue weighted by Gasteiger charge is -2.24. The molecule has 31 heavy (non-hydrogen) atoms. The molecule has 3 rings (SSSR count). The smallest absolute Gasteiger partial charge is 0.281 e. The van der Waals surface area contributed by atoms with Crippen molar-refractivity contribution >= 4 is 28.7 Å². The number of alkyl halides is 2. The van der Waals surface area contributed by atoms with Crippen molar-refractivity contribution in [1.29, 1.82) is 0 Å². The zero-order valence-electron chi connectivity index (χ0n) is 16.6. The van der Waals surface area contributed by atoms with Crippen molar-refractivity contribution < 1.29 is 17.2 Å². The predicted octanol–water partition coefficient (Wildman–Crippen LogP) is 2.68. The molecule has 0 aliphatic carbocycles. The molecule has 11 heteroatoms. The minimum atomic E-state index is -3.32. The molecule has 2 aromatic rings. The standard InChI is InChI=1S/C20H20F2N6O2S/c1-23-12-18(28-9-8-24-17(13-28)19(21)22)20-25-7-6-16(27-20)15-5-3-4-14(10-15)11-26-31(2,29)30/h3-8,10,12-13,19,26H,1,9,11H2,2H3/b18-12-. The molecular formula is C20H20F2N6O2S. The largest absolute Gasteiger partial charge is 0.336 e. The Hall–Kier alpha value is -3.31. The molecule has 0 bridgehead atoms. The molecule has 8 nitrogen and oxygen atoms in total. The highest BCUT2D eigenvalue weighted by molar-refractivity contribution is 7.88. The van der Waals surface area contributed by atoms with Crippen LogP contribution in [-0.4, -0.2) is 55.4 Å². The number of hydrogen-bond acceptors (Lipinski definition) is 7. The second kappa shape index (κ2) is 9.67. The van der Waals surface area contributed by atoms with E-state index in [4.69, 9.17) is 0 Å². The van der Waals surface area contributed by atoms with Crippen molar-refractivity contribution in [2.45, 2.75) is 13.0 Å². The van der Waals surface area contributed by atoms with Crippen molar-refractivity contribution in [3.05, 3.63) is 66.0 Å². The first-order valence-corrected chi connectivity index (χ1v) is 11.0. The number of rotatable bonds is 8. The summed E-state index contributed by atoms with van der Waals surface area (Å²) in [4.78, 5) is 17.8. The number of aliphatic imine (C=N–C) groups is 2. The number of benzene rings is 1. The third-order valence-electron chi connectivity index (χ3n) is 4.20. The van der Waals surface area contributed by atoms with Crippen LogP contribution in [0.1, 0.15) is 11.4 Å². The summed E-state index contributed by atoms with van der Waals surface area (Å²) >= 11 is 0. The molecule has 162 valence electrons. The maximum atomic E-state index is 13.1. The molecule has 2 heterocycles. The van der Waals surface area contributed by atoms with Gasteiger partial charge in [0, 0.05) is 30.7 Å². The number of nitrogens with one attached hydrogen (secondary N) is 1. The van der Waals surface area contributed by atoms with E-state index in [1.165, 1.54) is 23.5 Å². The first-order valence-electron chi connectivity index (χ1n) is 9.09. The Labute approximate surface area is 178 Å². The molecular weight excluding hydrogens is 426 g/mol. The molecule has 1 N–H and O–H groups in total. The molecule has 1 aliphatic heterocycles.